The number of benzene rings is 10. The molecule has 14 aromatic rings. The highest BCUT2D eigenvalue weighted by molar-refractivity contribution is 6.13. The maximum atomic E-state index is 2.54. The van der Waals surface area contributed by atoms with E-state index in [1.54, 1.807) is 0 Å². The third kappa shape index (κ3) is 8.74. The summed E-state index contributed by atoms with van der Waals surface area (Å²) in [5, 5.41) is 10.1. The van der Waals surface area contributed by atoms with Crippen molar-refractivity contribution in [3.63, 3.8) is 0 Å². The molecular weight excluding hydrogens is 1060 g/mol. The van der Waals surface area contributed by atoms with Crippen LogP contribution in [0, 0.1) is 23.7 Å². The second kappa shape index (κ2) is 20.5. The van der Waals surface area contributed by atoms with Crippen molar-refractivity contribution < 1.29 is 0 Å². The van der Waals surface area contributed by atoms with Gasteiger partial charge in [-0.1, -0.05) is 208 Å². The van der Waals surface area contributed by atoms with Crippen molar-refractivity contribution in [3.8, 4) is 33.9 Å². The lowest BCUT2D eigenvalue weighted by Gasteiger charge is -2.30. The second-order valence-corrected chi connectivity index (χ2v) is 29.3. The first-order valence-corrected chi connectivity index (χ1v) is 32.4. The summed E-state index contributed by atoms with van der Waals surface area (Å²) in [5.41, 5.74) is 21.6. The maximum absolute atomic E-state index is 2.54. The van der Waals surface area contributed by atoms with Crippen molar-refractivity contribution in [2.45, 2.75) is 132 Å². The van der Waals surface area contributed by atoms with Crippen LogP contribution in [0.15, 0.2) is 206 Å². The van der Waals surface area contributed by atoms with E-state index in [4.69, 9.17) is 0 Å². The van der Waals surface area contributed by atoms with Gasteiger partial charge in [0.15, 0.2) is 0 Å². The summed E-state index contributed by atoms with van der Waals surface area (Å²) in [7, 11) is 0. The Balaban J connectivity index is 1.11. The van der Waals surface area contributed by atoms with E-state index < -0.39 is 0 Å². The zero-order valence-corrected chi connectivity index (χ0v) is 54.7. The second-order valence-electron chi connectivity index (χ2n) is 29.3. The molecule has 0 amide bonds. The molecule has 0 atom stereocenters. The molecule has 0 bridgehead atoms. The van der Waals surface area contributed by atoms with Crippen LogP contribution in [0.1, 0.15) is 133 Å². The van der Waals surface area contributed by atoms with E-state index in [9.17, 15) is 0 Å². The summed E-state index contributed by atoms with van der Waals surface area (Å²) in [6, 6.07) is 80.0. The normalized spacial score (nSPS) is 13.2. The van der Waals surface area contributed by atoms with E-state index in [-0.39, 0.29) is 21.7 Å². The van der Waals surface area contributed by atoms with Crippen molar-refractivity contribution >= 4 is 87.2 Å². The van der Waals surface area contributed by atoms with E-state index in [2.05, 4.69) is 335 Å². The highest BCUT2D eigenvalue weighted by Gasteiger charge is 2.31. The molecule has 88 heavy (non-hydrogen) atoms. The highest BCUT2D eigenvalue weighted by atomic mass is 15.0. The smallest absolute Gasteiger partial charge is 0.0541 e. The monoisotopic (exact) mass is 1150 g/mol. The van der Waals surface area contributed by atoms with Crippen LogP contribution in [0.4, 0.5) is 0 Å². The lowest BCUT2D eigenvalue weighted by Crippen LogP contribution is -2.24. The number of para-hydroxylation sites is 4. The molecule has 0 saturated carbocycles. The van der Waals surface area contributed by atoms with Crippen LogP contribution in [0.5, 0.6) is 0 Å². The van der Waals surface area contributed by atoms with Crippen molar-refractivity contribution in [1.82, 2.24) is 18.3 Å². The number of rotatable bonds is 13. The fourth-order valence-corrected chi connectivity index (χ4v) is 14.0. The van der Waals surface area contributed by atoms with Gasteiger partial charge in [0.1, 0.15) is 0 Å². The Morgan fingerprint density at radius 1 is 0.216 bits per heavy atom. The molecule has 0 aliphatic heterocycles. The summed E-state index contributed by atoms with van der Waals surface area (Å²) >= 11 is 0. The van der Waals surface area contributed by atoms with E-state index >= 15 is 0 Å². The Morgan fingerprint density at radius 2 is 0.409 bits per heavy atom. The number of hydrogen-bond donors (Lipinski definition) is 0. The van der Waals surface area contributed by atoms with E-state index in [1.165, 1.54) is 109 Å². The minimum atomic E-state index is -0.0132. The molecule has 0 spiro atoms. The predicted octanol–water partition coefficient (Wildman–Crippen LogP) is 23.5. The Bertz CT molecular complexity index is 4470. The van der Waals surface area contributed by atoms with Gasteiger partial charge in [-0.25, -0.2) is 0 Å². The average Bonchev–Trinajstić information content (AvgIpc) is 1.63. The first-order valence-electron chi connectivity index (χ1n) is 32.4. The zero-order valence-electron chi connectivity index (χ0n) is 54.7. The third-order valence-corrected chi connectivity index (χ3v) is 22.6. The molecular formula is C84H86N4. The molecule has 0 fully saturated rings. The zero-order chi connectivity index (χ0) is 61.7. The Morgan fingerprint density at radius 3 is 0.614 bits per heavy atom. The van der Waals surface area contributed by atoms with Gasteiger partial charge in [-0.05, 0) is 188 Å². The summed E-state index contributed by atoms with van der Waals surface area (Å²) in [6.07, 6.45) is 0. The van der Waals surface area contributed by atoms with Gasteiger partial charge in [-0.15, -0.1) is 0 Å². The summed E-state index contributed by atoms with van der Waals surface area (Å²) in [6.45, 7) is 37.9. The molecule has 0 radical (unpaired) electrons. The molecule has 4 heteroatoms. The van der Waals surface area contributed by atoms with Crippen LogP contribution in [0.2, 0.25) is 0 Å². The number of fused-ring (bicyclic) bond motifs is 12. The van der Waals surface area contributed by atoms with E-state index in [1.807, 2.05) is 0 Å². The molecule has 0 aliphatic rings. The van der Waals surface area contributed by atoms with Crippen molar-refractivity contribution in [3.05, 3.63) is 229 Å². The largest absolute Gasteiger partial charge is 0.309 e. The number of hydrogen-bond acceptors (Lipinski definition) is 0. The van der Waals surface area contributed by atoms with Gasteiger partial charge in [0, 0.05) is 65.8 Å². The molecule has 0 unspecified atom stereocenters. The van der Waals surface area contributed by atoms with Crippen molar-refractivity contribution in [2.24, 2.45) is 23.7 Å². The van der Waals surface area contributed by atoms with Gasteiger partial charge >= 0.3 is 0 Å². The summed E-state index contributed by atoms with van der Waals surface area (Å²) < 4.78 is 10.2. The SMILES string of the molecule is CC(C)C(C)(C)c1ccc2c(c1)c1ccccc1n2-c1cc(-c2cc(-n3c4ccccc4c4cc(C(C)(C)C(C)C)ccc43)cc(-n3c4ccccc4c4cc(C(C)(C)C(C)C)ccc43)c2)cc(-n2c3ccccc3c3cc(C(C)(C)C(C)C)ccc32)c1. The maximum Gasteiger partial charge on any atom is 0.0541 e. The van der Waals surface area contributed by atoms with Crippen LogP contribution < -0.4 is 0 Å². The number of aromatic nitrogens is 4. The predicted molar refractivity (Wildman–Crippen MR) is 381 cm³/mol. The standard InChI is InChI=1S/C84H86N4/c1-51(2)81(9,10)57-33-37-77-69(45-57)65-25-17-21-29-73(65)85(77)61-41-55(42-62(49-61)86-74-30-22-18-26-66(74)70-46-58(34-38-78(70)86)82(11,12)52(3)4)56-43-63(87-75-31-23-19-27-67(75)71-47-59(35-39-79(71)87)83(13,14)53(5)6)50-64(44-56)88-76-32-24-20-28-68(76)72-48-60(36-40-80(72)88)84(15,16)54(7)8/h17-54H,1-16H3. The Labute approximate surface area is 521 Å². The third-order valence-electron chi connectivity index (χ3n) is 22.6. The first-order chi connectivity index (χ1) is 42.0. The molecule has 0 aliphatic carbocycles. The molecule has 442 valence electrons. The number of nitrogens with zero attached hydrogens (tertiary/aromatic N) is 4. The fourth-order valence-electron chi connectivity index (χ4n) is 14.0. The molecule has 14 rings (SSSR count). The van der Waals surface area contributed by atoms with Crippen molar-refractivity contribution in [2.75, 3.05) is 0 Å². The van der Waals surface area contributed by atoms with Gasteiger partial charge in [0.05, 0.1) is 44.1 Å². The minimum absolute atomic E-state index is 0.0132. The van der Waals surface area contributed by atoms with Gasteiger partial charge in [0.2, 0.25) is 0 Å². The van der Waals surface area contributed by atoms with Crippen molar-refractivity contribution in [1.29, 1.82) is 0 Å². The molecule has 10 aromatic carbocycles. The molecule has 4 heterocycles. The Kier molecular flexibility index (Phi) is 13.3. The van der Waals surface area contributed by atoms with Crippen LogP contribution >= 0.6 is 0 Å². The van der Waals surface area contributed by atoms with Crippen LogP contribution in [-0.2, 0) is 21.7 Å². The quantitative estimate of drug-likeness (QED) is 0.110. The van der Waals surface area contributed by atoms with Crippen LogP contribution in [-0.4, -0.2) is 18.3 Å². The van der Waals surface area contributed by atoms with Gasteiger partial charge in [-0.2, -0.15) is 0 Å². The first kappa shape index (κ1) is 57.2. The average molecular weight is 1150 g/mol. The van der Waals surface area contributed by atoms with E-state index in [0.29, 0.717) is 23.7 Å². The van der Waals surface area contributed by atoms with Crippen LogP contribution in [0.25, 0.3) is 121 Å². The topological polar surface area (TPSA) is 19.7 Å². The van der Waals surface area contributed by atoms with Crippen LogP contribution in [0.3, 0.4) is 0 Å². The Hall–Kier alpha value is -8.60. The summed E-state index contributed by atoms with van der Waals surface area (Å²) in [5.74, 6) is 1.86. The van der Waals surface area contributed by atoms with Gasteiger partial charge in [0.25, 0.3) is 0 Å². The minimum Gasteiger partial charge on any atom is -0.309 e. The lowest BCUT2D eigenvalue weighted by atomic mass is 9.75. The molecule has 4 nitrogen and oxygen atoms in total. The lowest BCUT2D eigenvalue weighted by molar-refractivity contribution is 0.372. The van der Waals surface area contributed by atoms with Gasteiger partial charge in [-0.3, -0.25) is 0 Å². The highest BCUT2D eigenvalue weighted by Crippen LogP contribution is 2.46. The molecule has 4 aromatic heterocycles. The van der Waals surface area contributed by atoms with E-state index in [0.717, 1.165) is 33.9 Å². The van der Waals surface area contributed by atoms with Gasteiger partial charge < -0.3 is 18.3 Å². The fraction of sp³-hybridized carbons (Fsp3) is 0.286. The molecule has 0 N–H and O–H groups in total. The molecule has 0 saturated heterocycles. The summed E-state index contributed by atoms with van der Waals surface area (Å²) in [4.78, 5) is 0.